The maximum Gasteiger partial charge on any atom is 0.236 e. The molecule has 0 saturated carbocycles. The molecule has 1 aromatic heterocycles. The molecule has 160 valence electrons. The quantitative estimate of drug-likeness (QED) is 0.499. The van der Waals surface area contributed by atoms with Crippen molar-refractivity contribution in [1.29, 1.82) is 0 Å². The van der Waals surface area contributed by atoms with Crippen LogP contribution in [-0.4, -0.2) is 29.4 Å². The van der Waals surface area contributed by atoms with E-state index in [9.17, 15) is 4.79 Å². The molecule has 0 N–H and O–H groups in total. The predicted molar refractivity (Wildman–Crippen MR) is 121 cm³/mol. The van der Waals surface area contributed by atoms with Crippen molar-refractivity contribution in [3.05, 3.63) is 81.0 Å². The number of rotatable bonds is 5. The molecule has 0 radical (unpaired) electrons. The highest BCUT2D eigenvalue weighted by Crippen LogP contribution is 2.37. The molecule has 0 bridgehead atoms. The first-order chi connectivity index (χ1) is 14.9. The standard InChI is InChI=1S/C24H22Cl2N2O3/c1-15-9-18(25)11-20(10-15)31-21-12-19(27-24(30-2)23(21)26)13-22(29)28-8-7-16-5-3-4-6-17(16)14-28/h3-6,9-12H,7-8,13-14H2,1-2H3. The molecule has 31 heavy (non-hydrogen) atoms. The third-order valence-electron chi connectivity index (χ3n) is 5.20. The number of benzene rings is 2. The summed E-state index contributed by atoms with van der Waals surface area (Å²) in [6.07, 6.45) is 0.975. The van der Waals surface area contributed by atoms with Crippen LogP contribution in [0.2, 0.25) is 10.0 Å². The molecule has 3 aromatic rings. The van der Waals surface area contributed by atoms with Gasteiger partial charge in [0, 0.05) is 24.2 Å². The summed E-state index contributed by atoms with van der Waals surface area (Å²) >= 11 is 12.5. The molecule has 5 nitrogen and oxygen atoms in total. The second-order valence-electron chi connectivity index (χ2n) is 7.51. The highest BCUT2D eigenvalue weighted by Gasteiger charge is 2.22. The van der Waals surface area contributed by atoms with Gasteiger partial charge in [-0.05, 0) is 48.2 Å². The molecule has 1 amide bonds. The van der Waals surface area contributed by atoms with E-state index >= 15 is 0 Å². The Morgan fingerprint density at radius 2 is 1.90 bits per heavy atom. The monoisotopic (exact) mass is 456 g/mol. The van der Waals surface area contributed by atoms with Crippen LogP contribution in [0.25, 0.3) is 0 Å². The van der Waals surface area contributed by atoms with Gasteiger partial charge in [0.05, 0.1) is 19.2 Å². The van der Waals surface area contributed by atoms with Crippen molar-refractivity contribution in [2.45, 2.75) is 26.3 Å². The third kappa shape index (κ3) is 4.94. The zero-order valence-corrected chi connectivity index (χ0v) is 18.8. The number of carbonyl (C=O) groups excluding carboxylic acids is 1. The lowest BCUT2D eigenvalue weighted by Gasteiger charge is -2.29. The molecule has 0 unspecified atom stereocenters. The van der Waals surface area contributed by atoms with Gasteiger partial charge in [0.1, 0.15) is 10.8 Å². The molecule has 0 saturated heterocycles. The number of amides is 1. The first kappa shape index (κ1) is 21.5. The van der Waals surface area contributed by atoms with Crippen LogP contribution in [0.15, 0.2) is 48.5 Å². The molecular formula is C24H22Cl2N2O3. The number of hydrogen-bond acceptors (Lipinski definition) is 4. The van der Waals surface area contributed by atoms with E-state index in [-0.39, 0.29) is 23.2 Å². The Balaban J connectivity index is 1.56. The lowest BCUT2D eigenvalue weighted by atomic mass is 9.99. The number of pyridine rings is 1. The van der Waals surface area contributed by atoms with Crippen molar-refractivity contribution in [3.8, 4) is 17.4 Å². The van der Waals surface area contributed by atoms with Gasteiger partial charge in [-0.15, -0.1) is 0 Å². The number of nitrogens with zero attached hydrogens (tertiary/aromatic N) is 2. The van der Waals surface area contributed by atoms with Gasteiger partial charge in [0.25, 0.3) is 0 Å². The summed E-state index contributed by atoms with van der Waals surface area (Å²) in [5, 5.41) is 0.802. The molecule has 7 heteroatoms. The summed E-state index contributed by atoms with van der Waals surface area (Å²) in [6, 6.07) is 15.3. The lowest BCUT2D eigenvalue weighted by Crippen LogP contribution is -2.37. The number of aromatic nitrogens is 1. The summed E-state index contributed by atoms with van der Waals surface area (Å²) in [7, 11) is 1.48. The van der Waals surface area contributed by atoms with E-state index in [0.717, 1.165) is 12.0 Å². The van der Waals surface area contributed by atoms with Gasteiger partial charge >= 0.3 is 0 Å². The van der Waals surface area contributed by atoms with Crippen molar-refractivity contribution in [2.75, 3.05) is 13.7 Å². The van der Waals surface area contributed by atoms with E-state index in [4.69, 9.17) is 32.7 Å². The average Bonchev–Trinajstić information content (AvgIpc) is 2.74. The van der Waals surface area contributed by atoms with E-state index in [1.54, 1.807) is 12.1 Å². The molecule has 0 spiro atoms. The number of ether oxygens (including phenoxy) is 2. The van der Waals surface area contributed by atoms with Gasteiger partial charge in [0.2, 0.25) is 11.8 Å². The number of halogens is 2. The number of hydrogen-bond donors (Lipinski definition) is 0. The van der Waals surface area contributed by atoms with Gasteiger partial charge < -0.3 is 14.4 Å². The van der Waals surface area contributed by atoms with Crippen LogP contribution in [0.4, 0.5) is 0 Å². The second-order valence-corrected chi connectivity index (χ2v) is 8.33. The summed E-state index contributed by atoms with van der Waals surface area (Å²) in [5.74, 6) is 1.12. The largest absolute Gasteiger partial charge is 0.480 e. The highest BCUT2D eigenvalue weighted by molar-refractivity contribution is 6.33. The van der Waals surface area contributed by atoms with Gasteiger partial charge in [-0.1, -0.05) is 47.5 Å². The van der Waals surface area contributed by atoms with E-state index in [0.29, 0.717) is 35.3 Å². The molecule has 1 aliphatic rings. The van der Waals surface area contributed by atoms with E-state index in [1.807, 2.05) is 36.1 Å². The van der Waals surface area contributed by atoms with E-state index in [1.165, 1.54) is 18.2 Å². The number of fused-ring (bicyclic) bond motifs is 1. The Morgan fingerprint density at radius 3 is 2.65 bits per heavy atom. The van der Waals surface area contributed by atoms with Gasteiger partial charge in [0.15, 0.2) is 5.75 Å². The molecule has 1 aliphatic heterocycles. The summed E-state index contributed by atoms with van der Waals surface area (Å²) in [5.41, 5.74) is 3.97. The second kappa shape index (κ2) is 9.16. The van der Waals surface area contributed by atoms with E-state index < -0.39 is 0 Å². The number of aryl methyl sites for hydroxylation is 1. The fourth-order valence-electron chi connectivity index (χ4n) is 3.70. The van der Waals surface area contributed by atoms with Gasteiger partial charge in [-0.3, -0.25) is 4.79 Å². The third-order valence-corrected chi connectivity index (χ3v) is 5.77. The van der Waals surface area contributed by atoms with Gasteiger partial charge in [-0.25, -0.2) is 4.98 Å². The Bertz CT molecular complexity index is 1110. The highest BCUT2D eigenvalue weighted by atomic mass is 35.5. The molecule has 0 aliphatic carbocycles. The topological polar surface area (TPSA) is 51.7 Å². The normalized spacial score (nSPS) is 13.0. The van der Waals surface area contributed by atoms with Crippen LogP contribution >= 0.6 is 23.2 Å². The van der Waals surface area contributed by atoms with Crippen LogP contribution < -0.4 is 9.47 Å². The van der Waals surface area contributed by atoms with Crippen molar-refractivity contribution in [2.24, 2.45) is 0 Å². The Hall–Kier alpha value is -2.76. The zero-order chi connectivity index (χ0) is 22.0. The van der Waals surface area contributed by atoms with Crippen LogP contribution in [0, 0.1) is 6.92 Å². The van der Waals surface area contributed by atoms with Crippen molar-refractivity contribution < 1.29 is 14.3 Å². The minimum atomic E-state index is -0.00377. The Morgan fingerprint density at radius 1 is 1.13 bits per heavy atom. The van der Waals surface area contributed by atoms with Crippen molar-refractivity contribution in [3.63, 3.8) is 0 Å². The summed E-state index contributed by atoms with van der Waals surface area (Å²) < 4.78 is 11.3. The van der Waals surface area contributed by atoms with Crippen molar-refractivity contribution in [1.82, 2.24) is 9.88 Å². The first-order valence-electron chi connectivity index (χ1n) is 9.96. The van der Waals surface area contributed by atoms with E-state index in [2.05, 4.69) is 17.1 Å². The molecule has 2 heterocycles. The SMILES string of the molecule is COc1nc(CC(=O)N2CCc3ccccc3C2)cc(Oc2cc(C)cc(Cl)c2)c1Cl. The van der Waals surface area contributed by atoms with Crippen LogP contribution in [0.3, 0.4) is 0 Å². The zero-order valence-electron chi connectivity index (χ0n) is 17.3. The predicted octanol–water partition coefficient (Wildman–Crippen LogP) is 5.63. The Kier molecular flexibility index (Phi) is 6.35. The summed E-state index contributed by atoms with van der Waals surface area (Å²) in [4.78, 5) is 19.2. The van der Waals surface area contributed by atoms with Crippen LogP contribution in [0.5, 0.6) is 17.4 Å². The maximum atomic E-state index is 13.0. The van der Waals surface area contributed by atoms with Crippen LogP contribution in [-0.2, 0) is 24.2 Å². The Labute approximate surface area is 191 Å². The van der Waals surface area contributed by atoms with Crippen LogP contribution in [0.1, 0.15) is 22.4 Å². The average molecular weight is 457 g/mol. The number of carbonyl (C=O) groups is 1. The molecule has 0 fully saturated rings. The van der Waals surface area contributed by atoms with Gasteiger partial charge in [-0.2, -0.15) is 0 Å². The smallest absolute Gasteiger partial charge is 0.236 e. The molecule has 0 atom stereocenters. The molecule has 2 aromatic carbocycles. The molecule has 4 rings (SSSR count). The minimum Gasteiger partial charge on any atom is -0.480 e. The fourth-order valence-corrected chi connectivity index (χ4v) is 4.19. The van der Waals surface area contributed by atoms with Crippen molar-refractivity contribution >= 4 is 29.1 Å². The minimum absolute atomic E-state index is 0.00377. The summed E-state index contributed by atoms with van der Waals surface area (Å²) in [6.45, 7) is 3.21. The number of methoxy groups -OCH3 is 1. The maximum absolute atomic E-state index is 13.0. The first-order valence-corrected chi connectivity index (χ1v) is 10.7. The fraction of sp³-hybridized carbons (Fsp3) is 0.250. The lowest BCUT2D eigenvalue weighted by molar-refractivity contribution is -0.131. The molecular weight excluding hydrogens is 435 g/mol.